The summed E-state index contributed by atoms with van der Waals surface area (Å²) >= 11 is 2.89. The monoisotopic (exact) mass is 273 g/mol. The normalized spacial score (nSPS) is 10.1. The van der Waals surface area contributed by atoms with Gasteiger partial charge in [-0.25, -0.2) is 0 Å². The maximum absolute atomic E-state index is 12.4. The molecule has 0 aliphatic rings. The number of halogens is 3. The predicted molar refractivity (Wildman–Crippen MR) is 52.4 cm³/mol. The minimum atomic E-state index is -2.70. The molecule has 76 valence electrons. The molecule has 0 fully saturated rings. The van der Waals surface area contributed by atoms with Gasteiger partial charge in [0.2, 0.25) is 0 Å². The summed E-state index contributed by atoms with van der Waals surface area (Å²) in [4.78, 5) is 10.7. The van der Waals surface area contributed by atoms with E-state index in [9.17, 15) is 8.78 Å². The second-order valence-corrected chi connectivity index (χ2v) is 3.03. The van der Waals surface area contributed by atoms with Crippen LogP contribution < -0.4 is 0 Å². The Morgan fingerprint density at radius 3 is 3.00 bits per heavy atom. The van der Waals surface area contributed by atoms with Gasteiger partial charge in [0.25, 0.3) is 0 Å². The SMILES string of the molecule is C#COB=Nc1ncc(Br)c(C(F)F)n1. The van der Waals surface area contributed by atoms with Crippen LogP contribution in [0, 0.1) is 12.5 Å². The molecule has 0 amide bonds. The summed E-state index contributed by atoms with van der Waals surface area (Å²) in [7, 11) is 0.887. The Morgan fingerprint density at radius 1 is 1.67 bits per heavy atom. The third kappa shape index (κ3) is 3.36. The van der Waals surface area contributed by atoms with Gasteiger partial charge in [0.15, 0.2) is 0 Å². The van der Waals surface area contributed by atoms with E-state index in [-0.39, 0.29) is 10.4 Å². The molecule has 0 bridgehead atoms. The van der Waals surface area contributed by atoms with Crippen LogP contribution in [0.25, 0.3) is 0 Å². The fraction of sp³-hybridized carbons (Fsp3) is 0.143. The van der Waals surface area contributed by atoms with Crippen molar-refractivity contribution in [2.75, 3.05) is 0 Å². The van der Waals surface area contributed by atoms with Gasteiger partial charge >= 0.3 is 92.8 Å². The molecular formula is C7H3BBrF2N3O. The molecule has 1 aromatic rings. The van der Waals surface area contributed by atoms with Crippen LogP contribution in [-0.2, 0) is 4.65 Å². The Kier molecular flexibility index (Phi) is 4.30. The summed E-state index contributed by atoms with van der Waals surface area (Å²) in [6.07, 6.45) is 5.06. The Bertz CT molecular complexity index is 421. The first-order valence-electron chi connectivity index (χ1n) is 3.59. The Labute approximate surface area is 93.2 Å². The minimum absolute atomic E-state index is 0.120. The van der Waals surface area contributed by atoms with Crippen LogP contribution in [0.4, 0.5) is 14.7 Å². The molecule has 4 nitrogen and oxygen atoms in total. The van der Waals surface area contributed by atoms with E-state index >= 15 is 0 Å². The summed E-state index contributed by atoms with van der Waals surface area (Å²) < 4.78 is 29.2. The molecule has 0 spiro atoms. The van der Waals surface area contributed by atoms with Crippen molar-refractivity contribution in [3.8, 4) is 12.5 Å². The zero-order valence-electron chi connectivity index (χ0n) is 7.19. The molecule has 1 heterocycles. The molecule has 0 saturated heterocycles. The summed E-state index contributed by atoms with van der Waals surface area (Å²) in [6.45, 7) is 0. The topological polar surface area (TPSA) is 47.4 Å². The zero-order valence-corrected chi connectivity index (χ0v) is 8.78. The molecular weight excluding hydrogens is 271 g/mol. The third-order valence-corrected chi connectivity index (χ3v) is 1.87. The van der Waals surface area contributed by atoms with Gasteiger partial charge in [0.05, 0.1) is 0 Å². The number of alkyl halides is 2. The van der Waals surface area contributed by atoms with Gasteiger partial charge in [-0.05, 0) is 0 Å². The molecule has 15 heavy (non-hydrogen) atoms. The van der Waals surface area contributed by atoms with Crippen LogP contribution in [0.3, 0.4) is 0 Å². The predicted octanol–water partition coefficient (Wildman–Crippen LogP) is 2.22. The van der Waals surface area contributed by atoms with Gasteiger partial charge in [-0.2, -0.15) is 0 Å². The third-order valence-electron chi connectivity index (χ3n) is 1.25. The van der Waals surface area contributed by atoms with Crippen molar-refractivity contribution in [1.29, 1.82) is 0 Å². The number of nitrogens with zero attached hydrogens (tertiary/aromatic N) is 3. The maximum atomic E-state index is 12.4. The number of hydrogen-bond acceptors (Lipinski definition) is 4. The average molecular weight is 274 g/mol. The summed E-state index contributed by atoms with van der Waals surface area (Å²) in [6, 6.07) is 0. The molecule has 0 aliphatic heterocycles. The van der Waals surface area contributed by atoms with Crippen molar-refractivity contribution in [3.05, 3.63) is 16.4 Å². The molecule has 1 rings (SSSR count). The molecule has 0 aromatic carbocycles. The van der Waals surface area contributed by atoms with E-state index in [1.54, 1.807) is 0 Å². The van der Waals surface area contributed by atoms with Crippen LogP contribution >= 0.6 is 15.9 Å². The van der Waals surface area contributed by atoms with Crippen LogP contribution in [0.5, 0.6) is 0 Å². The molecule has 0 saturated carbocycles. The van der Waals surface area contributed by atoms with Crippen molar-refractivity contribution in [2.45, 2.75) is 6.43 Å². The van der Waals surface area contributed by atoms with E-state index < -0.39 is 12.1 Å². The van der Waals surface area contributed by atoms with Crippen molar-refractivity contribution < 1.29 is 13.4 Å². The first-order valence-corrected chi connectivity index (χ1v) is 4.39. The van der Waals surface area contributed by atoms with Gasteiger partial charge in [-0.15, -0.1) is 0 Å². The second-order valence-electron chi connectivity index (χ2n) is 2.17. The fourth-order valence-corrected chi connectivity index (χ4v) is 1.05. The quantitative estimate of drug-likeness (QED) is 0.627. The van der Waals surface area contributed by atoms with Crippen LogP contribution in [0.1, 0.15) is 12.1 Å². The number of hydrogen-bond donors (Lipinski definition) is 0. The molecule has 1 aromatic heterocycles. The van der Waals surface area contributed by atoms with Crippen LogP contribution in [0.15, 0.2) is 15.6 Å². The number of rotatable bonds is 3. The van der Waals surface area contributed by atoms with E-state index in [4.69, 9.17) is 6.42 Å². The molecule has 0 N–H and O–H groups in total. The molecule has 0 radical (unpaired) electrons. The Morgan fingerprint density at radius 2 is 2.40 bits per heavy atom. The van der Waals surface area contributed by atoms with E-state index in [1.165, 1.54) is 6.20 Å². The zero-order chi connectivity index (χ0) is 11.3. The van der Waals surface area contributed by atoms with Gasteiger partial charge in [-0.3, -0.25) is 0 Å². The average Bonchev–Trinajstić information content (AvgIpc) is 2.20. The number of aromatic nitrogens is 2. The molecule has 0 unspecified atom stereocenters. The van der Waals surface area contributed by atoms with E-state index in [2.05, 4.69) is 35.4 Å². The molecule has 8 heteroatoms. The first-order chi connectivity index (χ1) is 7.15. The van der Waals surface area contributed by atoms with Crippen LogP contribution in [0.2, 0.25) is 0 Å². The Balaban J connectivity index is 2.93. The Hall–Kier alpha value is -1.36. The standard InChI is InChI=1S/C7H3BBrF2N3O/c1-2-15-8-14-7-12-3-4(9)5(13-7)6(10)11/h1,3,6H. The summed E-state index contributed by atoms with van der Waals surface area (Å²) in [5.41, 5.74) is -0.433. The molecule has 0 aliphatic carbocycles. The fourth-order valence-electron chi connectivity index (χ4n) is 0.690. The van der Waals surface area contributed by atoms with Gasteiger partial charge < -0.3 is 0 Å². The van der Waals surface area contributed by atoms with E-state index in [0.29, 0.717) is 0 Å². The van der Waals surface area contributed by atoms with E-state index in [1.807, 2.05) is 6.11 Å². The van der Waals surface area contributed by atoms with Crippen molar-refractivity contribution in [1.82, 2.24) is 9.97 Å². The van der Waals surface area contributed by atoms with Gasteiger partial charge in [0.1, 0.15) is 0 Å². The van der Waals surface area contributed by atoms with Gasteiger partial charge in [-0.1, -0.05) is 0 Å². The summed E-state index contributed by atoms with van der Waals surface area (Å²) in [5, 5.41) is 0. The van der Waals surface area contributed by atoms with Gasteiger partial charge in [0, 0.05) is 0 Å². The second kappa shape index (κ2) is 5.51. The molecule has 0 atom stereocenters. The summed E-state index contributed by atoms with van der Waals surface area (Å²) in [5.74, 6) is -0.149. The number of terminal acetylenes is 1. The first kappa shape index (κ1) is 11.7. The van der Waals surface area contributed by atoms with Crippen molar-refractivity contribution in [3.63, 3.8) is 0 Å². The van der Waals surface area contributed by atoms with E-state index in [0.717, 1.165) is 7.27 Å². The van der Waals surface area contributed by atoms with Crippen LogP contribution in [-0.4, -0.2) is 17.2 Å². The van der Waals surface area contributed by atoms with Crippen molar-refractivity contribution in [2.24, 2.45) is 4.90 Å². The van der Waals surface area contributed by atoms with Crippen molar-refractivity contribution >= 4 is 29.2 Å².